The van der Waals surface area contributed by atoms with Crippen molar-refractivity contribution in [2.45, 2.75) is 19.8 Å². The van der Waals surface area contributed by atoms with Crippen LogP contribution in [0.5, 0.6) is 0 Å². The molecule has 4 heteroatoms. The Hall–Kier alpha value is -2.62. The molecule has 1 amide bonds. The van der Waals surface area contributed by atoms with Gasteiger partial charge < -0.3 is 9.74 Å². The Balaban J connectivity index is 1.49. The van der Waals surface area contributed by atoms with Crippen molar-refractivity contribution in [3.63, 3.8) is 0 Å². The Bertz CT molecular complexity index is 773. The number of rotatable bonds is 3. The third-order valence-electron chi connectivity index (χ3n) is 5.13. The second kappa shape index (κ2) is 6.71. The van der Waals surface area contributed by atoms with Crippen LogP contribution in [0.15, 0.2) is 53.7 Å². The van der Waals surface area contributed by atoms with Gasteiger partial charge in [-0.05, 0) is 29.9 Å². The third-order valence-corrected chi connectivity index (χ3v) is 5.13. The quantitative estimate of drug-likeness (QED) is 0.686. The van der Waals surface area contributed by atoms with Crippen molar-refractivity contribution >= 4 is 11.6 Å². The van der Waals surface area contributed by atoms with E-state index in [0.29, 0.717) is 5.92 Å². The summed E-state index contributed by atoms with van der Waals surface area (Å²) in [6.07, 6.45) is 2.14. The number of amides is 1. The molecule has 4 rings (SSSR count). The van der Waals surface area contributed by atoms with E-state index < -0.39 is 0 Å². The molecule has 0 saturated carbocycles. The molecule has 2 aromatic rings. The first kappa shape index (κ1) is 15.9. The molecule has 2 aromatic carbocycles. The van der Waals surface area contributed by atoms with Crippen LogP contribution in [0, 0.1) is 5.92 Å². The molecule has 1 fully saturated rings. The maximum Gasteiger partial charge on any atom is 0.263 e. The van der Waals surface area contributed by atoms with E-state index in [1.807, 2.05) is 41.3 Å². The summed E-state index contributed by atoms with van der Waals surface area (Å²) in [5.41, 5.74) is 5.26. The van der Waals surface area contributed by atoms with Crippen LogP contribution in [-0.4, -0.2) is 36.2 Å². The summed E-state index contributed by atoms with van der Waals surface area (Å²) in [5, 5.41) is 4.32. The number of carbonyl (C=O) groups is 1. The molecule has 1 aliphatic carbocycles. The smallest absolute Gasteiger partial charge is 0.263 e. The summed E-state index contributed by atoms with van der Waals surface area (Å²) < 4.78 is 0. The average Bonchev–Trinajstić information content (AvgIpc) is 2.97. The molecular weight excluding hydrogens is 312 g/mol. The van der Waals surface area contributed by atoms with Crippen molar-refractivity contribution in [1.82, 2.24) is 4.90 Å². The molecule has 0 N–H and O–H groups in total. The molecule has 1 aliphatic heterocycles. The van der Waals surface area contributed by atoms with Crippen LogP contribution in [0.2, 0.25) is 0 Å². The number of hydrogen-bond acceptors (Lipinski definition) is 3. The molecule has 4 nitrogen and oxygen atoms in total. The van der Waals surface area contributed by atoms with Crippen molar-refractivity contribution in [1.29, 1.82) is 0 Å². The van der Waals surface area contributed by atoms with Gasteiger partial charge in [0.1, 0.15) is 5.71 Å². The lowest BCUT2D eigenvalue weighted by molar-refractivity contribution is -0.137. The molecule has 128 valence electrons. The molecule has 0 bridgehead atoms. The minimum absolute atomic E-state index is 0.00220. The fourth-order valence-corrected chi connectivity index (χ4v) is 3.59. The van der Waals surface area contributed by atoms with Gasteiger partial charge in [-0.1, -0.05) is 60.6 Å². The van der Waals surface area contributed by atoms with Crippen molar-refractivity contribution in [3.8, 4) is 11.1 Å². The van der Waals surface area contributed by atoms with Crippen molar-refractivity contribution in [2.75, 3.05) is 19.7 Å². The Labute approximate surface area is 148 Å². The molecule has 0 spiro atoms. The number of oxime groups is 1. The van der Waals surface area contributed by atoms with Gasteiger partial charge in [0, 0.05) is 24.2 Å². The van der Waals surface area contributed by atoms with Crippen LogP contribution in [0.3, 0.4) is 0 Å². The van der Waals surface area contributed by atoms with Gasteiger partial charge in [-0.3, -0.25) is 4.79 Å². The minimum atomic E-state index is 0.00220. The van der Waals surface area contributed by atoms with Gasteiger partial charge in [-0.2, -0.15) is 0 Å². The van der Waals surface area contributed by atoms with Crippen LogP contribution in [0.1, 0.15) is 30.9 Å². The van der Waals surface area contributed by atoms with Gasteiger partial charge in [-0.25, -0.2) is 0 Å². The largest absolute Gasteiger partial charge is 0.385 e. The van der Waals surface area contributed by atoms with Crippen molar-refractivity contribution in [3.05, 3.63) is 59.7 Å². The van der Waals surface area contributed by atoms with E-state index in [9.17, 15) is 4.79 Å². The fraction of sp³-hybridized carbons (Fsp3) is 0.333. The van der Waals surface area contributed by atoms with Gasteiger partial charge in [0.25, 0.3) is 5.91 Å². The summed E-state index contributed by atoms with van der Waals surface area (Å²) in [5.74, 6) is 0.729. The summed E-state index contributed by atoms with van der Waals surface area (Å²) in [4.78, 5) is 19.7. The highest BCUT2D eigenvalue weighted by Gasteiger charge is 2.25. The van der Waals surface area contributed by atoms with E-state index in [0.717, 1.165) is 53.9 Å². The normalized spacial score (nSPS) is 16.4. The van der Waals surface area contributed by atoms with Gasteiger partial charge >= 0.3 is 0 Å². The van der Waals surface area contributed by atoms with Gasteiger partial charge in [0.05, 0.1) is 0 Å². The van der Waals surface area contributed by atoms with Crippen molar-refractivity contribution < 1.29 is 9.63 Å². The molecule has 25 heavy (non-hydrogen) atoms. The highest BCUT2D eigenvalue weighted by atomic mass is 16.6. The van der Waals surface area contributed by atoms with Gasteiger partial charge in [0.2, 0.25) is 0 Å². The predicted molar refractivity (Wildman–Crippen MR) is 98.4 cm³/mol. The zero-order valence-electron chi connectivity index (χ0n) is 14.4. The summed E-state index contributed by atoms with van der Waals surface area (Å²) >= 11 is 0. The van der Waals surface area contributed by atoms with E-state index >= 15 is 0 Å². The number of nitrogens with zero attached hydrogens (tertiary/aromatic N) is 2. The second-order valence-corrected chi connectivity index (χ2v) is 6.87. The van der Waals surface area contributed by atoms with Gasteiger partial charge in [-0.15, -0.1) is 0 Å². The molecule has 0 atom stereocenters. The molecular formula is C21H22N2O2. The summed E-state index contributed by atoms with van der Waals surface area (Å²) in [6, 6.07) is 16.3. The highest BCUT2D eigenvalue weighted by molar-refractivity contribution is 6.24. The Morgan fingerprint density at radius 3 is 2.08 bits per heavy atom. The lowest BCUT2D eigenvalue weighted by Gasteiger charge is -2.29. The SMILES string of the molecule is CC1CCN(C(=O)CON=C2c3ccccc3-c3ccccc32)CC1. The first-order valence-electron chi connectivity index (χ1n) is 8.91. The average molecular weight is 334 g/mol. The van der Waals surface area contributed by atoms with Gasteiger partial charge in [0.15, 0.2) is 6.61 Å². The predicted octanol–water partition coefficient (Wildman–Crippen LogP) is 3.69. The van der Waals surface area contributed by atoms with Crippen LogP contribution in [0.4, 0.5) is 0 Å². The number of carbonyl (C=O) groups excluding carboxylic acids is 1. The Morgan fingerprint density at radius 1 is 1.00 bits per heavy atom. The summed E-state index contributed by atoms with van der Waals surface area (Å²) in [7, 11) is 0. The van der Waals surface area contributed by atoms with Crippen LogP contribution < -0.4 is 0 Å². The maximum absolute atomic E-state index is 12.3. The van der Waals surface area contributed by atoms with E-state index in [4.69, 9.17) is 4.84 Å². The Kier molecular flexibility index (Phi) is 4.26. The zero-order chi connectivity index (χ0) is 17.2. The molecule has 0 radical (unpaired) electrons. The first-order chi connectivity index (χ1) is 12.2. The number of hydrogen-bond donors (Lipinski definition) is 0. The molecule has 2 aliphatic rings. The number of benzene rings is 2. The number of fused-ring (bicyclic) bond motifs is 3. The monoisotopic (exact) mass is 334 g/mol. The zero-order valence-corrected chi connectivity index (χ0v) is 14.4. The second-order valence-electron chi connectivity index (χ2n) is 6.87. The van der Waals surface area contributed by atoms with E-state index in [1.165, 1.54) is 0 Å². The Morgan fingerprint density at radius 2 is 1.52 bits per heavy atom. The lowest BCUT2D eigenvalue weighted by Crippen LogP contribution is -2.39. The number of piperidine rings is 1. The maximum atomic E-state index is 12.3. The molecule has 1 saturated heterocycles. The minimum Gasteiger partial charge on any atom is -0.385 e. The molecule has 1 heterocycles. The lowest BCUT2D eigenvalue weighted by atomic mass is 9.99. The van der Waals surface area contributed by atoms with E-state index in [2.05, 4.69) is 24.2 Å². The highest BCUT2D eigenvalue weighted by Crippen LogP contribution is 2.36. The van der Waals surface area contributed by atoms with Crippen LogP contribution >= 0.6 is 0 Å². The van der Waals surface area contributed by atoms with E-state index in [1.54, 1.807) is 0 Å². The number of likely N-dealkylation sites (tertiary alicyclic amines) is 1. The standard InChI is InChI=1S/C21H22N2O2/c1-15-10-12-23(13-11-15)20(24)14-25-22-21-18-8-4-2-6-16(18)17-7-3-5-9-19(17)21/h2-9,15H,10-14H2,1H3. The van der Waals surface area contributed by atoms with Crippen molar-refractivity contribution in [2.24, 2.45) is 11.1 Å². The fourth-order valence-electron chi connectivity index (χ4n) is 3.59. The summed E-state index contributed by atoms with van der Waals surface area (Å²) in [6.45, 7) is 3.89. The van der Waals surface area contributed by atoms with Crippen LogP contribution in [0.25, 0.3) is 11.1 Å². The van der Waals surface area contributed by atoms with Crippen LogP contribution in [-0.2, 0) is 9.63 Å². The molecule has 0 unspecified atom stereocenters. The first-order valence-corrected chi connectivity index (χ1v) is 8.91. The topological polar surface area (TPSA) is 41.9 Å². The molecule has 0 aromatic heterocycles. The third kappa shape index (κ3) is 3.04. The van der Waals surface area contributed by atoms with E-state index in [-0.39, 0.29) is 12.5 Å².